The van der Waals surface area contributed by atoms with Crippen molar-refractivity contribution in [2.45, 2.75) is 26.4 Å². The lowest BCUT2D eigenvalue weighted by Gasteiger charge is -2.16. The van der Waals surface area contributed by atoms with Crippen molar-refractivity contribution in [1.29, 1.82) is 0 Å². The molecular weight excluding hydrogens is 460 g/mol. The molecule has 9 heteroatoms. The van der Waals surface area contributed by atoms with E-state index in [2.05, 4.69) is 15.6 Å². The van der Waals surface area contributed by atoms with Crippen LogP contribution in [0.1, 0.15) is 24.5 Å². The first kappa shape index (κ1) is 25.4. The average Bonchev–Trinajstić information content (AvgIpc) is 3.63. The number of fused-ring (bicyclic) bond motifs is 1. The molecule has 1 unspecified atom stereocenters. The second-order valence-electron chi connectivity index (χ2n) is 8.93. The van der Waals surface area contributed by atoms with Gasteiger partial charge < -0.3 is 20.1 Å². The van der Waals surface area contributed by atoms with E-state index < -0.39 is 23.2 Å². The summed E-state index contributed by atoms with van der Waals surface area (Å²) in [6.45, 7) is 3.92. The number of pyridine rings is 1. The summed E-state index contributed by atoms with van der Waals surface area (Å²) in [4.78, 5) is 29.2. The Morgan fingerprint density at radius 1 is 1.14 bits per heavy atom. The predicted octanol–water partition coefficient (Wildman–Crippen LogP) is 3.06. The summed E-state index contributed by atoms with van der Waals surface area (Å²) in [5.41, 5.74) is 3.52. The van der Waals surface area contributed by atoms with Crippen LogP contribution in [0.25, 0.3) is 10.9 Å². The third-order valence-corrected chi connectivity index (χ3v) is 6.50. The highest BCUT2D eigenvalue weighted by atomic mass is 16.5. The van der Waals surface area contributed by atoms with E-state index in [0.29, 0.717) is 25.2 Å². The van der Waals surface area contributed by atoms with Crippen LogP contribution in [0.2, 0.25) is 0 Å². The van der Waals surface area contributed by atoms with Crippen LogP contribution in [0.4, 0.5) is 5.82 Å². The molecule has 2 aromatic carbocycles. The Bertz CT molecular complexity index is 1220. The van der Waals surface area contributed by atoms with E-state index in [-0.39, 0.29) is 6.61 Å². The minimum absolute atomic E-state index is 0.233. The summed E-state index contributed by atoms with van der Waals surface area (Å²) in [6.07, 6.45) is 0.692. The van der Waals surface area contributed by atoms with Gasteiger partial charge in [-0.05, 0) is 56.6 Å². The lowest BCUT2D eigenvalue weighted by atomic mass is 9.93. The van der Waals surface area contributed by atoms with E-state index in [9.17, 15) is 9.59 Å². The number of nitrogens with one attached hydrogen (secondary N) is 3. The fraction of sp³-hybridized carbons (Fsp3) is 0.370. The first-order valence-electron chi connectivity index (χ1n) is 12.1. The Labute approximate surface area is 210 Å². The number of carbonyl (C=O) groups excluding carboxylic acids is 2. The molecule has 0 saturated heterocycles. The van der Waals surface area contributed by atoms with Crippen LogP contribution >= 0.6 is 0 Å². The van der Waals surface area contributed by atoms with Gasteiger partial charge >= 0.3 is 5.97 Å². The van der Waals surface area contributed by atoms with Crippen molar-refractivity contribution in [1.82, 2.24) is 15.8 Å². The zero-order valence-corrected chi connectivity index (χ0v) is 20.5. The molecule has 4 N–H and O–H groups in total. The molecule has 1 aliphatic carbocycles. The average molecular weight is 493 g/mol. The zero-order chi connectivity index (χ0) is 25.5. The number of carbonyl (C=O) groups is 2. The maximum absolute atomic E-state index is 12.6. The summed E-state index contributed by atoms with van der Waals surface area (Å²) in [5, 5.41) is 16.5. The van der Waals surface area contributed by atoms with E-state index in [1.54, 1.807) is 12.4 Å². The van der Waals surface area contributed by atoms with Gasteiger partial charge in [-0.2, -0.15) is 0 Å². The van der Waals surface area contributed by atoms with Gasteiger partial charge in [0.05, 0.1) is 23.5 Å². The van der Waals surface area contributed by atoms with E-state index in [4.69, 9.17) is 14.7 Å². The molecule has 1 fully saturated rings. The van der Waals surface area contributed by atoms with Gasteiger partial charge in [0.25, 0.3) is 0 Å². The predicted molar refractivity (Wildman–Crippen MR) is 136 cm³/mol. The van der Waals surface area contributed by atoms with Gasteiger partial charge in [-0.15, -0.1) is 0 Å². The van der Waals surface area contributed by atoms with E-state index in [1.165, 1.54) is 0 Å². The number of hydrogen-bond donors (Lipinski definition) is 4. The number of amides is 1. The molecular formula is C27H32N4O5. The number of esters is 1. The number of rotatable bonds is 12. The third kappa shape index (κ3) is 5.58. The second kappa shape index (κ2) is 11.4. The number of likely N-dealkylation sites (N-methyl/N-ethyl adjacent to an activating group) is 1. The summed E-state index contributed by atoms with van der Waals surface area (Å²) in [6, 6.07) is 17.5. The van der Waals surface area contributed by atoms with E-state index >= 15 is 0 Å². The number of anilines is 1. The SMILES string of the molecule is CCOC(=O)[C@@]1(Cc2ccc(OCc3cc(NCCNC)nc4ccccc34)cc2)CC1C(=O)NO. The second-order valence-corrected chi connectivity index (χ2v) is 8.93. The Morgan fingerprint density at radius 2 is 1.92 bits per heavy atom. The van der Waals surface area contributed by atoms with Crippen molar-refractivity contribution in [3.05, 3.63) is 65.7 Å². The number of hydroxylamine groups is 1. The first-order chi connectivity index (χ1) is 17.5. The number of aromatic nitrogens is 1. The van der Waals surface area contributed by atoms with E-state index in [1.807, 2.05) is 61.6 Å². The molecule has 9 nitrogen and oxygen atoms in total. The Morgan fingerprint density at radius 3 is 2.64 bits per heavy atom. The molecule has 0 bridgehead atoms. The quantitative estimate of drug-likeness (QED) is 0.132. The molecule has 0 spiro atoms. The summed E-state index contributed by atoms with van der Waals surface area (Å²) < 4.78 is 11.3. The minimum atomic E-state index is -0.947. The normalized spacial score (nSPS) is 18.5. The summed E-state index contributed by atoms with van der Waals surface area (Å²) in [7, 11) is 1.91. The fourth-order valence-electron chi connectivity index (χ4n) is 4.50. The number of nitrogens with zero attached hydrogens (tertiary/aromatic N) is 1. The molecule has 1 saturated carbocycles. The molecule has 1 amide bonds. The summed E-state index contributed by atoms with van der Waals surface area (Å²) in [5.74, 6) is -0.0913. The van der Waals surface area contributed by atoms with Gasteiger partial charge in [0.15, 0.2) is 0 Å². The van der Waals surface area contributed by atoms with Crippen LogP contribution in [0, 0.1) is 11.3 Å². The molecule has 4 rings (SSSR count). The van der Waals surface area contributed by atoms with Gasteiger partial charge in [0.1, 0.15) is 18.2 Å². The number of benzene rings is 2. The van der Waals surface area contributed by atoms with Crippen LogP contribution in [0.3, 0.4) is 0 Å². The maximum Gasteiger partial charge on any atom is 0.313 e. The van der Waals surface area contributed by atoms with Crippen molar-refractivity contribution >= 4 is 28.6 Å². The first-order valence-corrected chi connectivity index (χ1v) is 12.1. The number of ether oxygens (including phenoxy) is 2. The molecule has 0 radical (unpaired) electrons. The lowest BCUT2D eigenvalue weighted by molar-refractivity contribution is -0.152. The third-order valence-electron chi connectivity index (χ3n) is 6.50. The number of para-hydroxylation sites is 1. The lowest BCUT2D eigenvalue weighted by Crippen LogP contribution is -2.30. The van der Waals surface area contributed by atoms with Crippen LogP contribution in [-0.4, -0.2) is 48.8 Å². The Balaban J connectivity index is 1.45. The van der Waals surface area contributed by atoms with Gasteiger partial charge in [-0.3, -0.25) is 14.8 Å². The molecule has 2 atom stereocenters. The van der Waals surface area contributed by atoms with Crippen molar-refractivity contribution < 1.29 is 24.3 Å². The Hall–Kier alpha value is -3.69. The van der Waals surface area contributed by atoms with Gasteiger partial charge in [0, 0.05) is 24.0 Å². The fourth-order valence-corrected chi connectivity index (χ4v) is 4.50. The van der Waals surface area contributed by atoms with Crippen LogP contribution in [0.5, 0.6) is 5.75 Å². The van der Waals surface area contributed by atoms with E-state index in [0.717, 1.165) is 40.9 Å². The molecule has 3 aromatic rings. The number of hydrogen-bond acceptors (Lipinski definition) is 8. The smallest absolute Gasteiger partial charge is 0.313 e. The highest BCUT2D eigenvalue weighted by Gasteiger charge is 2.64. The largest absolute Gasteiger partial charge is 0.489 e. The highest BCUT2D eigenvalue weighted by Crippen LogP contribution is 2.56. The van der Waals surface area contributed by atoms with Crippen molar-refractivity contribution in [3.8, 4) is 5.75 Å². The molecule has 190 valence electrons. The topological polar surface area (TPSA) is 122 Å². The van der Waals surface area contributed by atoms with Crippen LogP contribution in [0.15, 0.2) is 54.6 Å². The molecule has 36 heavy (non-hydrogen) atoms. The monoisotopic (exact) mass is 492 g/mol. The van der Waals surface area contributed by atoms with Crippen LogP contribution in [-0.2, 0) is 27.4 Å². The highest BCUT2D eigenvalue weighted by molar-refractivity contribution is 5.93. The van der Waals surface area contributed by atoms with Crippen molar-refractivity contribution in [2.75, 3.05) is 32.1 Å². The van der Waals surface area contributed by atoms with Gasteiger partial charge in [-0.25, -0.2) is 10.5 Å². The zero-order valence-electron chi connectivity index (χ0n) is 20.5. The van der Waals surface area contributed by atoms with Gasteiger partial charge in [0.2, 0.25) is 5.91 Å². The standard InChI is InChI=1S/C27H32N4O5/c1-3-35-26(33)27(16-22(27)25(32)31-34)15-18-8-10-20(11-9-18)36-17-19-14-24(29-13-12-28-2)30-23-7-5-4-6-21(19)23/h4-11,14,22,28,34H,3,12-13,15-17H2,1-2H3,(H,29,30)(H,31,32)/t22?,27-/m0/s1. The maximum atomic E-state index is 12.6. The summed E-state index contributed by atoms with van der Waals surface area (Å²) >= 11 is 0. The van der Waals surface area contributed by atoms with Gasteiger partial charge in [-0.1, -0.05) is 30.3 Å². The molecule has 1 aromatic heterocycles. The molecule has 1 aliphatic rings. The molecule has 1 heterocycles. The van der Waals surface area contributed by atoms with Crippen molar-refractivity contribution in [2.24, 2.45) is 11.3 Å². The molecule has 0 aliphatic heterocycles. The van der Waals surface area contributed by atoms with Crippen molar-refractivity contribution in [3.63, 3.8) is 0 Å². The Kier molecular flexibility index (Phi) is 8.02. The minimum Gasteiger partial charge on any atom is -0.489 e. The van der Waals surface area contributed by atoms with Crippen LogP contribution < -0.4 is 20.9 Å².